The van der Waals surface area contributed by atoms with Crippen LogP contribution < -0.4 is 5.32 Å². The molecule has 0 bridgehead atoms. The van der Waals surface area contributed by atoms with E-state index in [4.69, 9.17) is 0 Å². The number of carbonyl (C=O) groups is 1. The van der Waals surface area contributed by atoms with Crippen LogP contribution in [-0.2, 0) is 11.2 Å². The predicted octanol–water partition coefficient (Wildman–Crippen LogP) is 3.53. The van der Waals surface area contributed by atoms with E-state index in [0.717, 1.165) is 17.1 Å². The summed E-state index contributed by atoms with van der Waals surface area (Å²) < 4.78 is 17.1. The lowest BCUT2D eigenvalue weighted by Crippen LogP contribution is -2.14. The van der Waals surface area contributed by atoms with Crippen molar-refractivity contribution in [3.8, 4) is 11.4 Å². The molecule has 0 saturated carbocycles. The Morgan fingerprint density at radius 2 is 1.82 bits per heavy atom. The van der Waals surface area contributed by atoms with Crippen LogP contribution in [0.5, 0.6) is 0 Å². The standard InChI is InChI=1S/C16H12FN3OS/c17-13-8-6-12(7-9-13)15-19-16(22-20-15)18-14(21)10-11-4-2-1-3-5-11/h1-9H,10H2,(H,18,19,20,21). The summed E-state index contributed by atoms with van der Waals surface area (Å²) in [5, 5.41) is 3.15. The van der Waals surface area contributed by atoms with Crippen molar-refractivity contribution in [3.05, 3.63) is 66.0 Å². The maximum Gasteiger partial charge on any atom is 0.230 e. The number of aromatic nitrogens is 2. The summed E-state index contributed by atoms with van der Waals surface area (Å²) in [6, 6.07) is 15.4. The van der Waals surface area contributed by atoms with Gasteiger partial charge in [-0.25, -0.2) is 4.39 Å². The normalized spacial score (nSPS) is 10.4. The number of benzene rings is 2. The first-order chi connectivity index (χ1) is 10.7. The molecular weight excluding hydrogens is 301 g/mol. The Labute approximate surface area is 130 Å². The Morgan fingerprint density at radius 1 is 1.09 bits per heavy atom. The summed E-state index contributed by atoms with van der Waals surface area (Å²) in [6.07, 6.45) is 0.284. The summed E-state index contributed by atoms with van der Waals surface area (Å²) in [5.74, 6) is 0.0170. The molecule has 3 rings (SSSR count). The molecule has 0 aliphatic carbocycles. The topological polar surface area (TPSA) is 54.9 Å². The first-order valence-corrected chi connectivity index (χ1v) is 7.41. The highest BCUT2D eigenvalue weighted by Crippen LogP contribution is 2.21. The quantitative estimate of drug-likeness (QED) is 0.801. The number of hydrogen-bond acceptors (Lipinski definition) is 4. The van der Waals surface area contributed by atoms with Gasteiger partial charge in [-0.15, -0.1) is 0 Å². The number of halogens is 1. The average molecular weight is 313 g/mol. The minimum Gasteiger partial charge on any atom is -0.300 e. The van der Waals surface area contributed by atoms with Gasteiger partial charge in [-0.3, -0.25) is 4.79 Å². The highest BCUT2D eigenvalue weighted by Gasteiger charge is 2.10. The Kier molecular flexibility index (Phi) is 4.20. The molecule has 3 aromatic rings. The third-order valence-corrected chi connectivity index (χ3v) is 3.61. The fourth-order valence-corrected chi connectivity index (χ4v) is 2.54. The molecule has 6 heteroatoms. The van der Waals surface area contributed by atoms with E-state index in [9.17, 15) is 9.18 Å². The highest BCUT2D eigenvalue weighted by molar-refractivity contribution is 7.10. The Balaban J connectivity index is 1.66. The van der Waals surface area contributed by atoms with Crippen LogP contribution in [0.4, 0.5) is 9.52 Å². The van der Waals surface area contributed by atoms with Gasteiger partial charge in [-0.05, 0) is 29.8 Å². The lowest BCUT2D eigenvalue weighted by atomic mass is 10.1. The van der Waals surface area contributed by atoms with Gasteiger partial charge >= 0.3 is 0 Å². The van der Waals surface area contributed by atoms with Crippen LogP contribution in [0.15, 0.2) is 54.6 Å². The van der Waals surface area contributed by atoms with Crippen LogP contribution in [0, 0.1) is 5.82 Å². The number of hydrogen-bond donors (Lipinski definition) is 1. The van der Waals surface area contributed by atoms with Gasteiger partial charge in [0.05, 0.1) is 6.42 Å². The molecular formula is C16H12FN3OS. The number of carbonyl (C=O) groups excluding carboxylic acids is 1. The van der Waals surface area contributed by atoms with Crippen LogP contribution >= 0.6 is 11.5 Å². The molecule has 1 N–H and O–H groups in total. The van der Waals surface area contributed by atoms with Crippen molar-refractivity contribution >= 4 is 22.6 Å². The van der Waals surface area contributed by atoms with Crippen molar-refractivity contribution < 1.29 is 9.18 Å². The summed E-state index contributed by atoms with van der Waals surface area (Å²) in [4.78, 5) is 16.2. The largest absolute Gasteiger partial charge is 0.300 e. The molecule has 22 heavy (non-hydrogen) atoms. The molecule has 0 atom stereocenters. The van der Waals surface area contributed by atoms with Gasteiger partial charge in [0.2, 0.25) is 11.0 Å². The van der Waals surface area contributed by atoms with Crippen molar-refractivity contribution in [2.45, 2.75) is 6.42 Å². The molecule has 0 spiro atoms. The number of anilines is 1. The van der Waals surface area contributed by atoms with Gasteiger partial charge < -0.3 is 5.32 Å². The lowest BCUT2D eigenvalue weighted by molar-refractivity contribution is -0.115. The van der Waals surface area contributed by atoms with Gasteiger partial charge in [0, 0.05) is 17.1 Å². The molecule has 0 radical (unpaired) electrons. The monoisotopic (exact) mass is 313 g/mol. The molecule has 2 aromatic carbocycles. The first-order valence-electron chi connectivity index (χ1n) is 6.64. The molecule has 4 nitrogen and oxygen atoms in total. The zero-order valence-electron chi connectivity index (χ0n) is 11.5. The van der Waals surface area contributed by atoms with E-state index in [-0.39, 0.29) is 18.1 Å². The molecule has 1 amide bonds. The number of nitrogens with zero attached hydrogens (tertiary/aromatic N) is 2. The second kappa shape index (κ2) is 6.44. The van der Waals surface area contributed by atoms with Crippen LogP contribution in [0.2, 0.25) is 0 Å². The molecule has 0 aliphatic heterocycles. The molecule has 0 aliphatic rings. The minimum atomic E-state index is -0.310. The number of amides is 1. The third kappa shape index (κ3) is 3.53. The van der Waals surface area contributed by atoms with E-state index in [2.05, 4.69) is 14.7 Å². The SMILES string of the molecule is O=C(Cc1ccccc1)Nc1nc(-c2ccc(F)cc2)ns1. The maximum absolute atomic E-state index is 12.9. The first kappa shape index (κ1) is 14.3. The Hall–Kier alpha value is -2.60. The van der Waals surface area contributed by atoms with E-state index < -0.39 is 0 Å². The van der Waals surface area contributed by atoms with Gasteiger partial charge in [0.15, 0.2) is 5.82 Å². The lowest BCUT2D eigenvalue weighted by Gasteiger charge is -2.01. The molecule has 0 unspecified atom stereocenters. The van der Waals surface area contributed by atoms with Crippen LogP contribution in [-0.4, -0.2) is 15.3 Å². The average Bonchev–Trinajstić information content (AvgIpc) is 2.97. The minimum absolute atomic E-state index is 0.145. The van der Waals surface area contributed by atoms with Crippen molar-refractivity contribution in [2.24, 2.45) is 0 Å². The molecule has 0 fully saturated rings. The highest BCUT2D eigenvalue weighted by atomic mass is 32.1. The smallest absolute Gasteiger partial charge is 0.230 e. The molecule has 110 valence electrons. The fraction of sp³-hybridized carbons (Fsp3) is 0.0625. The van der Waals surface area contributed by atoms with Crippen LogP contribution in [0.3, 0.4) is 0 Å². The summed E-state index contributed by atoms with van der Waals surface area (Å²) >= 11 is 1.10. The summed E-state index contributed by atoms with van der Waals surface area (Å²) in [7, 11) is 0. The molecule has 0 saturated heterocycles. The second-order valence-corrected chi connectivity index (χ2v) is 5.39. The number of nitrogens with one attached hydrogen (secondary N) is 1. The van der Waals surface area contributed by atoms with E-state index in [1.54, 1.807) is 12.1 Å². The Bertz CT molecular complexity index is 772. The zero-order chi connectivity index (χ0) is 15.4. The van der Waals surface area contributed by atoms with Crippen molar-refractivity contribution in [3.63, 3.8) is 0 Å². The summed E-state index contributed by atoms with van der Waals surface area (Å²) in [6.45, 7) is 0. The molecule has 1 heterocycles. The van der Waals surface area contributed by atoms with Crippen molar-refractivity contribution in [1.82, 2.24) is 9.36 Å². The summed E-state index contributed by atoms with van der Waals surface area (Å²) in [5.41, 5.74) is 1.64. The fourth-order valence-electron chi connectivity index (χ4n) is 1.94. The predicted molar refractivity (Wildman–Crippen MR) is 84.1 cm³/mol. The van der Waals surface area contributed by atoms with Crippen LogP contribution in [0.1, 0.15) is 5.56 Å². The van der Waals surface area contributed by atoms with E-state index in [1.165, 1.54) is 12.1 Å². The van der Waals surface area contributed by atoms with E-state index in [1.807, 2.05) is 30.3 Å². The van der Waals surface area contributed by atoms with Gasteiger partial charge in [0.1, 0.15) is 5.82 Å². The van der Waals surface area contributed by atoms with Gasteiger partial charge in [0.25, 0.3) is 0 Å². The van der Waals surface area contributed by atoms with Crippen molar-refractivity contribution in [2.75, 3.05) is 5.32 Å². The third-order valence-electron chi connectivity index (χ3n) is 2.98. The van der Waals surface area contributed by atoms with Gasteiger partial charge in [-0.1, -0.05) is 30.3 Å². The zero-order valence-corrected chi connectivity index (χ0v) is 12.3. The van der Waals surface area contributed by atoms with E-state index >= 15 is 0 Å². The number of rotatable bonds is 4. The second-order valence-electron chi connectivity index (χ2n) is 4.64. The Morgan fingerprint density at radius 3 is 2.55 bits per heavy atom. The van der Waals surface area contributed by atoms with Crippen LogP contribution in [0.25, 0.3) is 11.4 Å². The molecule has 1 aromatic heterocycles. The van der Waals surface area contributed by atoms with Crippen molar-refractivity contribution in [1.29, 1.82) is 0 Å². The maximum atomic E-state index is 12.9. The van der Waals surface area contributed by atoms with E-state index in [0.29, 0.717) is 16.5 Å². The van der Waals surface area contributed by atoms with Gasteiger partial charge in [-0.2, -0.15) is 9.36 Å².